The Morgan fingerprint density at radius 1 is 1.00 bits per heavy atom. The van der Waals surface area contributed by atoms with E-state index in [0.717, 1.165) is 12.0 Å². The summed E-state index contributed by atoms with van der Waals surface area (Å²) in [4.78, 5) is 26.3. The Balaban J connectivity index is 1.30. The second kappa shape index (κ2) is 12.9. The number of carbonyl (C=O) groups excluding carboxylic acids is 1. The predicted octanol–water partition coefficient (Wildman–Crippen LogP) is 6.32. The SMILES string of the molecule is Cc1ccc(S(=O)(=O)N2CCC[C@@H](Nc3ncc4nc(Nc5c(Cl)cc(Cl)cc5Cl)n([C@H]5CC[C@H](C(N)=O)CC5)c4n3)C2)cc1. The minimum absolute atomic E-state index is 0.0366. The lowest BCUT2D eigenvalue weighted by molar-refractivity contribution is -0.122. The number of imidazole rings is 1. The molecule has 11 nitrogen and oxygen atoms in total. The van der Waals surface area contributed by atoms with Gasteiger partial charge in [-0.3, -0.25) is 9.36 Å². The van der Waals surface area contributed by atoms with Crippen LogP contribution in [-0.4, -0.2) is 57.3 Å². The van der Waals surface area contributed by atoms with Crippen LogP contribution in [0.4, 0.5) is 17.6 Å². The number of rotatable bonds is 8. The summed E-state index contributed by atoms with van der Waals surface area (Å²) in [5.74, 6) is 0.368. The van der Waals surface area contributed by atoms with Crippen molar-refractivity contribution in [3.8, 4) is 0 Å². The summed E-state index contributed by atoms with van der Waals surface area (Å²) in [6.07, 6.45) is 5.77. The summed E-state index contributed by atoms with van der Waals surface area (Å²) in [6.45, 7) is 2.65. The molecule has 1 saturated heterocycles. The fourth-order valence-electron chi connectivity index (χ4n) is 6.11. The van der Waals surface area contributed by atoms with Crippen molar-refractivity contribution in [1.29, 1.82) is 0 Å². The summed E-state index contributed by atoms with van der Waals surface area (Å²) in [7, 11) is -3.64. The monoisotopic (exact) mass is 690 g/mol. The molecule has 3 heterocycles. The zero-order valence-electron chi connectivity index (χ0n) is 24.5. The molecule has 0 bridgehead atoms. The van der Waals surface area contributed by atoms with Crippen molar-refractivity contribution in [2.24, 2.45) is 11.7 Å². The highest BCUT2D eigenvalue weighted by molar-refractivity contribution is 7.89. The normalized spacial score (nSPS) is 21.1. The Labute approximate surface area is 276 Å². The zero-order valence-corrected chi connectivity index (χ0v) is 27.6. The van der Waals surface area contributed by atoms with Crippen molar-refractivity contribution in [1.82, 2.24) is 23.8 Å². The Hall–Kier alpha value is -3.16. The number of hydrogen-bond acceptors (Lipinski definition) is 8. The molecule has 15 heteroatoms. The van der Waals surface area contributed by atoms with Crippen LogP contribution < -0.4 is 16.4 Å². The molecule has 0 unspecified atom stereocenters. The van der Waals surface area contributed by atoms with Crippen LogP contribution in [0.3, 0.4) is 0 Å². The summed E-state index contributed by atoms with van der Waals surface area (Å²) in [5, 5.41) is 7.71. The summed E-state index contributed by atoms with van der Waals surface area (Å²) < 4.78 is 30.2. The van der Waals surface area contributed by atoms with Crippen LogP contribution in [0.2, 0.25) is 15.1 Å². The maximum absolute atomic E-state index is 13.4. The Kier molecular flexibility index (Phi) is 9.13. The summed E-state index contributed by atoms with van der Waals surface area (Å²) >= 11 is 19.1. The Morgan fingerprint density at radius 3 is 2.36 bits per heavy atom. The number of halogens is 3. The highest BCUT2D eigenvalue weighted by Crippen LogP contribution is 2.40. The van der Waals surface area contributed by atoms with Gasteiger partial charge in [0.25, 0.3) is 0 Å². The predicted molar refractivity (Wildman–Crippen MR) is 177 cm³/mol. The van der Waals surface area contributed by atoms with E-state index in [1.807, 2.05) is 11.5 Å². The average Bonchev–Trinajstić information content (AvgIpc) is 3.36. The lowest BCUT2D eigenvalue weighted by Crippen LogP contribution is -2.45. The molecule has 1 aliphatic carbocycles. The first-order valence-electron chi connectivity index (χ1n) is 14.8. The van der Waals surface area contributed by atoms with Gasteiger partial charge >= 0.3 is 0 Å². The average molecular weight is 692 g/mol. The number of nitrogens with zero attached hydrogens (tertiary/aromatic N) is 5. The van der Waals surface area contributed by atoms with E-state index in [1.54, 1.807) is 42.6 Å². The second-order valence-corrected chi connectivity index (χ2v) is 14.8. The molecular weight excluding hydrogens is 659 g/mol. The van der Waals surface area contributed by atoms with Gasteiger partial charge in [-0.1, -0.05) is 52.5 Å². The highest BCUT2D eigenvalue weighted by atomic mass is 35.5. The first kappa shape index (κ1) is 31.8. The number of fused-ring (bicyclic) bond motifs is 1. The van der Waals surface area contributed by atoms with Gasteiger partial charge in [-0.2, -0.15) is 9.29 Å². The Morgan fingerprint density at radius 2 is 1.69 bits per heavy atom. The van der Waals surface area contributed by atoms with Crippen molar-refractivity contribution in [2.45, 2.75) is 62.4 Å². The minimum atomic E-state index is -3.64. The van der Waals surface area contributed by atoms with E-state index in [-0.39, 0.29) is 35.3 Å². The van der Waals surface area contributed by atoms with E-state index in [0.29, 0.717) is 82.5 Å². The maximum Gasteiger partial charge on any atom is 0.243 e. The number of anilines is 3. The van der Waals surface area contributed by atoms with Crippen molar-refractivity contribution >= 4 is 79.5 Å². The molecule has 6 rings (SSSR count). The molecule has 2 aromatic heterocycles. The fraction of sp³-hybridized carbons (Fsp3) is 0.400. The lowest BCUT2D eigenvalue weighted by Gasteiger charge is -2.32. The van der Waals surface area contributed by atoms with E-state index >= 15 is 0 Å². The van der Waals surface area contributed by atoms with Gasteiger partial charge in [0.05, 0.1) is 26.8 Å². The van der Waals surface area contributed by atoms with Crippen LogP contribution in [0.25, 0.3) is 11.2 Å². The van der Waals surface area contributed by atoms with Crippen LogP contribution >= 0.6 is 34.8 Å². The molecule has 0 spiro atoms. The molecule has 238 valence electrons. The van der Waals surface area contributed by atoms with E-state index in [2.05, 4.69) is 15.6 Å². The molecule has 2 fully saturated rings. The standard InChI is InChI=1S/C30H33Cl3N8O3S/c1-17-4-10-22(11-5-17)45(43,44)40-12-2-3-20(16-40)36-29-35-15-25-28(39-29)41(21-8-6-18(7-9-21)27(34)42)30(37-25)38-26-23(32)13-19(31)14-24(26)33/h4-5,10-11,13-15,18,20-21H,2-3,6-9,12,16H2,1H3,(H2,34,42)(H,37,38)(H,35,36,39)/t18-,20-,21-/m1/s1. The topological polar surface area (TPSA) is 148 Å². The van der Waals surface area contributed by atoms with Gasteiger partial charge in [0.15, 0.2) is 5.65 Å². The largest absolute Gasteiger partial charge is 0.369 e. The van der Waals surface area contributed by atoms with Gasteiger partial charge in [0, 0.05) is 36.1 Å². The number of benzene rings is 2. The number of amides is 1. The number of nitrogens with two attached hydrogens (primary N) is 1. The molecule has 0 radical (unpaired) electrons. The molecule has 4 N–H and O–H groups in total. The van der Waals surface area contributed by atoms with Gasteiger partial charge in [0.2, 0.25) is 27.8 Å². The number of sulfonamides is 1. The Bertz CT molecular complexity index is 1820. The molecule has 1 aliphatic heterocycles. The zero-order chi connectivity index (χ0) is 31.9. The number of aromatic nitrogens is 4. The molecule has 1 saturated carbocycles. The van der Waals surface area contributed by atoms with Gasteiger partial charge < -0.3 is 16.4 Å². The maximum atomic E-state index is 13.4. The molecule has 45 heavy (non-hydrogen) atoms. The van der Waals surface area contributed by atoms with Crippen molar-refractivity contribution in [3.05, 3.63) is 63.2 Å². The van der Waals surface area contributed by atoms with E-state index < -0.39 is 10.0 Å². The number of nitrogens with one attached hydrogen (secondary N) is 2. The van der Waals surface area contributed by atoms with Crippen molar-refractivity contribution < 1.29 is 13.2 Å². The van der Waals surface area contributed by atoms with Crippen LogP contribution in [-0.2, 0) is 14.8 Å². The third-order valence-electron chi connectivity index (χ3n) is 8.52. The number of aryl methyl sites for hydroxylation is 1. The third kappa shape index (κ3) is 6.71. The molecule has 1 atom stereocenters. The minimum Gasteiger partial charge on any atom is -0.369 e. The van der Waals surface area contributed by atoms with E-state index in [9.17, 15) is 13.2 Å². The number of hydrogen-bond donors (Lipinski definition) is 3. The van der Waals surface area contributed by atoms with Gasteiger partial charge in [-0.05, 0) is 69.7 Å². The van der Waals surface area contributed by atoms with Crippen molar-refractivity contribution in [3.63, 3.8) is 0 Å². The molecule has 2 aliphatic rings. The lowest BCUT2D eigenvalue weighted by atomic mass is 9.85. The van der Waals surface area contributed by atoms with Crippen LogP contribution in [0.1, 0.15) is 50.1 Å². The molecule has 4 aromatic rings. The molecule has 2 aromatic carbocycles. The fourth-order valence-corrected chi connectivity index (χ4v) is 8.54. The number of primary amides is 1. The smallest absolute Gasteiger partial charge is 0.243 e. The van der Waals surface area contributed by atoms with Crippen LogP contribution in [0.15, 0.2) is 47.5 Å². The van der Waals surface area contributed by atoms with E-state index in [1.165, 1.54) is 4.31 Å². The number of piperidine rings is 1. The van der Waals surface area contributed by atoms with Gasteiger partial charge in [0.1, 0.15) is 5.52 Å². The first-order valence-corrected chi connectivity index (χ1v) is 17.4. The number of carbonyl (C=O) groups is 1. The summed E-state index contributed by atoms with van der Waals surface area (Å²) in [5.41, 5.74) is 8.18. The first-order chi connectivity index (χ1) is 21.5. The van der Waals surface area contributed by atoms with Crippen LogP contribution in [0, 0.1) is 12.8 Å². The van der Waals surface area contributed by atoms with Gasteiger partial charge in [-0.15, -0.1) is 0 Å². The molecule has 1 amide bonds. The summed E-state index contributed by atoms with van der Waals surface area (Å²) in [6, 6.07) is 9.86. The van der Waals surface area contributed by atoms with E-state index in [4.69, 9.17) is 50.5 Å². The third-order valence-corrected chi connectivity index (χ3v) is 11.2. The van der Waals surface area contributed by atoms with Crippen LogP contribution in [0.5, 0.6) is 0 Å². The van der Waals surface area contributed by atoms with Crippen molar-refractivity contribution in [2.75, 3.05) is 23.7 Å². The quantitative estimate of drug-likeness (QED) is 0.195. The van der Waals surface area contributed by atoms with Gasteiger partial charge in [-0.25, -0.2) is 18.4 Å². The molecular formula is C30H33Cl3N8O3S. The highest BCUT2D eigenvalue weighted by Gasteiger charge is 2.32. The second-order valence-electron chi connectivity index (χ2n) is 11.6.